The van der Waals surface area contributed by atoms with E-state index in [1.54, 1.807) is 18.6 Å². The SMILES string of the molecule is CC(c1nc(-c2cnccn2)no1)N1CCCCCC1. The first-order chi connectivity index (χ1) is 9.84. The molecular weight excluding hydrogens is 254 g/mol. The Morgan fingerprint density at radius 3 is 2.65 bits per heavy atom. The third kappa shape index (κ3) is 2.85. The van der Waals surface area contributed by atoms with Crippen LogP contribution in [0.2, 0.25) is 0 Å². The van der Waals surface area contributed by atoms with Gasteiger partial charge in [0.2, 0.25) is 11.7 Å². The fourth-order valence-electron chi connectivity index (χ4n) is 2.56. The van der Waals surface area contributed by atoms with Crippen molar-refractivity contribution in [2.24, 2.45) is 0 Å². The van der Waals surface area contributed by atoms with Gasteiger partial charge in [-0.05, 0) is 32.9 Å². The summed E-state index contributed by atoms with van der Waals surface area (Å²) in [4.78, 5) is 15.1. The van der Waals surface area contributed by atoms with Gasteiger partial charge in [0.15, 0.2) is 0 Å². The van der Waals surface area contributed by atoms with Crippen molar-refractivity contribution >= 4 is 0 Å². The third-order valence-corrected chi connectivity index (χ3v) is 3.78. The van der Waals surface area contributed by atoms with Crippen molar-refractivity contribution in [3.8, 4) is 11.5 Å². The largest absolute Gasteiger partial charge is 0.337 e. The lowest BCUT2D eigenvalue weighted by molar-refractivity contribution is 0.179. The highest BCUT2D eigenvalue weighted by Gasteiger charge is 2.23. The summed E-state index contributed by atoms with van der Waals surface area (Å²) in [5.41, 5.74) is 0.644. The van der Waals surface area contributed by atoms with E-state index < -0.39 is 0 Å². The topological polar surface area (TPSA) is 67.9 Å². The monoisotopic (exact) mass is 273 g/mol. The summed E-state index contributed by atoms with van der Waals surface area (Å²) in [6, 6.07) is 0.158. The Balaban J connectivity index is 1.75. The molecule has 0 spiro atoms. The lowest BCUT2D eigenvalue weighted by Gasteiger charge is -2.24. The van der Waals surface area contributed by atoms with Crippen molar-refractivity contribution in [1.82, 2.24) is 25.0 Å². The highest BCUT2D eigenvalue weighted by atomic mass is 16.5. The summed E-state index contributed by atoms with van der Waals surface area (Å²) >= 11 is 0. The molecule has 1 aliphatic rings. The molecule has 0 aliphatic carbocycles. The fraction of sp³-hybridized carbons (Fsp3) is 0.571. The molecule has 6 heteroatoms. The Labute approximate surface area is 118 Å². The molecule has 1 atom stereocenters. The number of hydrogen-bond donors (Lipinski definition) is 0. The van der Waals surface area contributed by atoms with Crippen LogP contribution in [0, 0.1) is 0 Å². The summed E-state index contributed by atoms with van der Waals surface area (Å²) in [6.07, 6.45) is 10.0. The minimum absolute atomic E-state index is 0.158. The number of aromatic nitrogens is 4. The van der Waals surface area contributed by atoms with Gasteiger partial charge in [0, 0.05) is 12.4 Å². The third-order valence-electron chi connectivity index (χ3n) is 3.78. The first-order valence-electron chi connectivity index (χ1n) is 7.18. The molecule has 6 nitrogen and oxygen atoms in total. The predicted octanol–water partition coefficient (Wildman–Crippen LogP) is 2.46. The van der Waals surface area contributed by atoms with Crippen molar-refractivity contribution in [3.05, 3.63) is 24.5 Å². The van der Waals surface area contributed by atoms with Crippen LogP contribution in [-0.4, -0.2) is 38.1 Å². The molecule has 3 heterocycles. The molecule has 0 saturated carbocycles. The first kappa shape index (κ1) is 13.2. The minimum atomic E-state index is 0.158. The standard InChI is InChI=1S/C14H19N5O/c1-11(19-8-4-2-3-5-9-19)14-17-13(18-20-14)12-10-15-6-7-16-12/h6-7,10-11H,2-5,8-9H2,1H3. The molecule has 0 radical (unpaired) electrons. The second-order valence-electron chi connectivity index (χ2n) is 5.17. The van der Waals surface area contributed by atoms with Gasteiger partial charge >= 0.3 is 0 Å². The molecular formula is C14H19N5O. The van der Waals surface area contributed by atoms with Crippen LogP contribution in [0.1, 0.15) is 44.5 Å². The Hall–Kier alpha value is -1.82. The molecule has 0 aromatic carbocycles. The fourth-order valence-corrected chi connectivity index (χ4v) is 2.56. The molecule has 3 rings (SSSR count). The van der Waals surface area contributed by atoms with Crippen LogP contribution in [0.25, 0.3) is 11.5 Å². The average molecular weight is 273 g/mol. The van der Waals surface area contributed by atoms with E-state index in [0.717, 1.165) is 13.1 Å². The highest BCUT2D eigenvalue weighted by Crippen LogP contribution is 2.23. The maximum Gasteiger partial charge on any atom is 0.244 e. The maximum absolute atomic E-state index is 5.40. The zero-order valence-corrected chi connectivity index (χ0v) is 11.7. The molecule has 1 fully saturated rings. The Morgan fingerprint density at radius 2 is 1.95 bits per heavy atom. The Kier molecular flexibility index (Phi) is 4.01. The minimum Gasteiger partial charge on any atom is -0.337 e. The van der Waals surface area contributed by atoms with Crippen LogP contribution in [0.3, 0.4) is 0 Å². The average Bonchev–Trinajstić information content (AvgIpc) is 2.83. The van der Waals surface area contributed by atoms with Crippen molar-refractivity contribution in [1.29, 1.82) is 0 Å². The van der Waals surface area contributed by atoms with E-state index in [4.69, 9.17) is 4.52 Å². The van der Waals surface area contributed by atoms with Gasteiger partial charge in [0.05, 0.1) is 12.2 Å². The number of likely N-dealkylation sites (tertiary alicyclic amines) is 1. The Morgan fingerprint density at radius 1 is 1.15 bits per heavy atom. The van der Waals surface area contributed by atoms with E-state index in [1.807, 2.05) is 0 Å². The molecule has 2 aromatic rings. The van der Waals surface area contributed by atoms with Crippen LogP contribution in [-0.2, 0) is 0 Å². The quantitative estimate of drug-likeness (QED) is 0.855. The normalized spacial score (nSPS) is 18.6. The van der Waals surface area contributed by atoms with Gasteiger partial charge in [-0.2, -0.15) is 4.98 Å². The zero-order chi connectivity index (χ0) is 13.8. The summed E-state index contributed by atoms with van der Waals surface area (Å²) in [5, 5.41) is 4.01. The second kappa shape index (κ2) is 6.09. The molecule has 1 aliphatic heterocycles. The molecule has 1 saturated heterocycles. The van der Waals surface area contributed by atoms with E-state index in [0.29, 0.717) is 17.4 Å². The molecule has 2 aromatic heterocycles. The smallest absolute Gasteiger partial charge is 0.244 e. The molecule has 0 amide bonds. The van der Waals surface area contributed by atoms with Crippen molar-refractivity contribution < 1.29 is 4.52 Å². The van der Waals surface area contributed by atoms with Gasteiger partial charge in [-0.25, -0.2) is 4.98 Å². The highest BCUT2D eigenvalue weighted by molar-refractivity contribution is 5.45. The Bertz CT molecular complexity index is 534. The zero-order valence-electron chi connectivity index (χ0n) is 11.7. The van der Waals surface area contributed by atoms with Gasteiger partial charge in [0.25, 0.3) is 0 Å². The van der Waals surface area contributed by atoms with Crippen molar-refractivity contribution in [3.63, 3.8) is 0 Å². The summed E-state index contributed by atoms with van der Waals surface area (Å²) in [5.74, 6) is 1.17. The van der Waals surface area contributed by atoms with Crippen LogP contribution >= 0.6 is 0 Å². The lowest BCUT2D eigenvalue weighted by atomic mass is 10.2. The molecule has 1 unspecified atom stereocenters. The van der Waals surface area contributed by atoms with Crippen molar-refractivity contribution in [2.75, 3.05) is 13.1 Å². The van der Waals surface area contributed by atoms with E-state index >= 15 is 0 Å². The first-order valence-corrected chi connectivity index (χ1v) is 7.18. The molecule has 20 heavy (non-hydrogen) atoms. The van der Waals surface area contributed by atoms with E-state index in [9.17, 15) is 0 Å². The van der Waals surface area contributed by atoms with Gasteiger partial charge in [-0.15, -0.1) is 0 Å². The number of hydrogen-bond acceptors (Lipinski definition) is 6. The van der Waals surface area contributed by atoms with E-state index in [2.05, 4.69) is 31.9 Å². The summed E-state index contributed by atoms with van der Waals surface area (Å²) in [7, 11) is 0. The van der Waals surface area contributed by atoms with Gasteiger partial charge in [-0.3, -0.25) is 9.88 Å². The second-order valence-corrected chi connectivity index (χ2v) is 5.17. The van der Waals surface area contributed by atoms with Gasteiger partial charge in [0.1, 0.15) is 5.69 Å². The van der Waals surface area contributed by atoms with Gasteiger partial charge in [-0.1, -0.05) is 18.0 Å². The van der Waals surface area contributed by atoms with E-state index in [-0.39, 0.29) is 6.04 Å². The summed E-state index contributed by atoms with van der Waals surface area (Å²) < 4.78 is 5.40. The van der Waals surface area contributed by atoms with Crippen LogP contribution in [0.5, 0.6) is 0 Å². The van der Waals surface area contributed by atoms with Gasteiger partial charge < -0.3 is 4.52 Å². The van der Waals surface area contributed by atoms with Crippen LogP contribution in [0.15, 0.2) is 23.1 Å². The van der Waals surface area contributed by atoms with Crippen LogP contribution in [0.4, 0.5) is 0 Å². The van der Waals surface area contributed by atoms with Crippen molar-refractivity contribution in [2.45, 2.75) is 38.6 Å². The maximum atomic E-state index is 5.40. The predicted molar refractivity (Wildman–Crippen MR) is 73.8 cm³/mol. The number of nitrogens with zero attached hydrogens (tertiary/aromatic N) is 5. The lowest BCUT2D eigenvalue weighted by Crippen LogP contribution is -2.28. The van der Waals surface area contributed by atoms with Crippen LogP contribution < -0.4 is 0 Å². The number of rotatable bonds is 3. The molecule has 0 bridgehead atoms. The molecule has 106 valence electrons. The summed E-state index contributed by atoms with van der Waals surface area (Å²) in [6.45, 7) is 4.33. The van der Waals surface area contributed by atoms with E-state index in [1.165, 1.54) is 25.7 Å². The molecule has 0 N–H and O–H groups in total.